The molecule has 0 bridgehead atoms. The molecule has 0 spiro atoms. The average Bonchev–Trinajstić information content (AvgIpc) is 2.47. The fourth-order valence-electron chi connectivity index (χ4n) is 1.78. The summed E-state index contributed by atoms with van der Waals surface area (Å²) < 4.78 is 4.59. The number of pyridine rings is 1. The van der Waals surface area contributed by atoms with Crippen molar-refractivity contribution in [2.24, 2.45) is 0 Å². The number of esters is 1. The number of ether oxygens (including phenoxy) is 1. The number of hydrogen-bond acceptors (Lipinski definition) is 6. The van der Waals surface area contributed by atoms with Crippen molar-refractivity contribution < 1.29 is 14.5 Å². The van der Waals surface area contributed by atoms with Crippen molar-refractivity contribution in [1.29, 1.82) is 0 Å². The van der Waals surface area contributed by atoms with Crippen LogP contribution in [0, 0.1) is 10.1 Å². The van der Waals surface area contributed by atoms with Crippen LogP contribution in [0.2, 0.25) is 0 Å². The van der Waals surface area contributed by atoms with E-state index in [1.807, 2.05) is 0 Å². The minimum atomic E-state index is -0.721. The molecule has 2 rings (SSSR count). The van der Waals surface area contributed by atoms with E-state index in [1.54, 1.807) is 24.5 Å². The Morgan fingerprint density at radius 3 is 2.50 bits per heavy atom. The van der Waals surface area contributed by atoms with Gasteiger partial charge in [0.15, 0.2) is 0 Å². The Balaban J connectivity index is 2.68. The van der Waals surface area contributed by atoms with Gasteiger partial charge in [-0.25, -0.2) is 4.79 Å². The van der Waals surface area contributed by atoms with E-state index in [0.29, 0.717) is 11.1 Å². The van der Waals surface area contributed by atoms with Crippen molar-refractivity contribution in [3.63, 3.8) is 0 Å². The highest BCUT2D eigenvalue weighted by Gasteiger charge is 2.22. The quantitative estimate of drug-likeness (QED) is 0.396. The summed E-state index contributed by atoms with van der Waals surface area (Å²) >= 11 is 0. The van der Waals surface area contributed by atoms with E-state index in [1.165, 1.54) is 19.2 Å². The highest BCUT2D eigenvalue weighted by atomic mass is 16.6. The van der Waals surface area contributed by atoms with Crippen LogP contribution < -0.4 is 5.73 Å². The summed E-state index contributed by atoms with van der Waals surface area (Å²) in [6, 6.07) is 6.13. The summed E-state index contributed by atoms with van der Waals surface area (Å²) in [5.41, 5.74) is 6.26. The molecule has 0 saturated heterocycles. The zero-order valence-electron chi connectivity index (χ0n) is 10.6. The van der Waals surface area contributed by atoms with Crippen LogP contribution in [0.1, 0.15) is 10.4 Å². The zero-order chi connectivity index (χ0) is 14.7. The van der Waals surface area contributed by atoms with Gasteiger partial charge in [-0.3, -0.25) is 15.1 Å². The smallest absolute Gasteiger partial charge is 0.340 e. The van der Waals surface area contributed by atoms with Crippen molar-refractivity contribution in [2.75, 3.05) is 12.8 Å². The molecule has 0 aliphatic carbocycles. The second kappa shape index (κ2) is 5.35. The van der Waals surface area contributed by atoms with Crippen LogP contribution in [0.25, 0.3) is 11.1 Å². The molecule has 0 radical (unpaired) electrons. The fourth-order valence-corrected chi connectivity index (χ4v) is 1.78. The molecule has 0 unspecified atom stereocenters. The molecular formula is C13H11N3O4. The molecule has 1 heterocycles. The number of benzene rings is 1. The Morgan fingerprint density at radius 2 is 1.95 bits per heavy atom. The lowest BCUT2D eigenvalue weighted by Crippen LogP contribution is -2.08. The Hall–Kier alpha value is -2.96. The molecule has 0 atom stereocenters. The number of methoxy groups -OCH3 is 1. The summed E-state index contributed by atoms with van der Waals surface area (Å²) in [6.45, 7) is 0. The average molecular weight is 273 g/mol. The molecule has 2 aromatic rings. The maximum atomic E-state index is 11.7. The van der Waals surface area contributed by atoms with Gasteiger partial charge in [0.1, 0.15) is 5.69 Å². The number of anilines is 1. The molecule has 7 nitrogen and oxygen atoms in total. The number of nitrogens with two attached hydrogens (primary N) is 1. The maximum Gasteiger partial charge on any atom is 0.340 e. The summed E-state index contributed by atoms with van der Waals surface area (Å²) in [7, 11) is 1.19. The number of nitro groups is 1. The van der Waals surface area contributed by atoms with E-state index in [2.05, 4.69) is 9.72 Å². The van der Waals surface area contributed by atoms with Gasteiger partial charge in [-0.2, -0.15) is 0 Å². The number of aromatic nitrogens is 1. The fraction of sp³-hybridized carbons (Fsp3) is 0.0769. The molecular weight excluding hydrogens is 262 g/mol. The van der Waals surface area contributed by atoms with Gasteiger partial charge in [0, 0.05) is 18.5 Å². The Labute approximate surface area is 114 Å². The summed E-state index contributed by atoms with van der Waals surface area (Å²) in [5, 5.41) is 11.0. The van der Waals surface area contributed by atoms with Crippen molar-refractivity contribution in [1.82, 2.24) is 4.98 Å². The lowest BCUT2D eigenvalue weighted by Gasteiger charge is -2.08. The van der Waals surface area contributed by atoms with Gasteiger partial charge in [0.25, 0.3) is 5.69 Å². The number of carbonyl (C=O) groups excluding carboxylic acids is 1. The number of nitrogens with zero attached hydrogens (tertiary/aromatic N) is 2. The van der Waals surface area contributed by atoms with E-state index < -0.39 is 10.9 Å². The number of rotatable bonds is 3. The van der Waals surface area contributed by atoms with Gasteiger partial charge in [-0.15, -0.1) is 0 Å². The van der Waals surface area contributed by atoms with Crippen molar-refractivity contribution >= 4 is 17.3 Å². The Bertz CT molecular complexity index is 671. The predicted octanol–water partition coefficient (Wildman–Crippen LogP) is 2.03. The van der Waals surface area contributed by atoms with Crippen molar-refractivity contribution in [3.05, 3.63) is 52.3 Å². The van der Waals surface area contributed by atoms with E-state index in [-0.39, 0.29) is 16.9 Å². The van der Waals surface area contributed by atoms with Crippen LogP contribution in [-0.4, -0.2) is 23.0 Å². The molecule has 2 N–H and O–H groups in total. The number of carbonyl (C=O) groups is 1. The summed E-state index contributed by atoms with van der Waals surface area (Å²) in [5.74, 6) is -0.721. The van der Waals surface area contributed by atoms with Gasteiger partial charge in [-0.1, -0.05) is 0 Å². The second-order valence-corrected chi connectivity index (χ2v) is 3.94. The van der Waals surface area contributed by atoms with Crippen LogP contribution in [0.4, 0.5) is 11.4 Å². The highest BCUT2D eigenvalue weighted by Crippen LogP contribution is 2.32. The minimum Gasteiger partial charge on any atom is -0.465 e. The molecule has 0 fully saturated rings. The summed E-state index contributed by atoms with van der Waals surface area (Å²) in [6.07, 6.45) is 3.10. The lowest BCUT2D eigenvalue weighted by atomic mass is 10.0. The third-order valence-corrected chi connectivity index (χ3v) is 2.77. The van der Waals surface area contributed by atoms with Gasteiger partial charge in [0.2, 0.25) is 0 Å². The zero-order valence-corrected chi connectivity index (χ0v) is 10.6. The van der Waals surface area contributed by atoms with E-state index in [4.69, 9.17) is 5.73 Å². The topological polar surface area (TPSA) is 108 Å². The minimum absolute atomic E-state index is 0.0338. The molecule has 102 valence electrons. The molecule has 20 heavy (non-hydrogen) atoms. The number of nitro benzene ring substituents is 1. The third kappa shape index (κ3) is 2.41. The third-order valence-electron chi connectivity index (χ3n) is 2.77. The van der Waals surface area contributed by atoms with Gasteiger partial charge in [-0.05, 0) is 29.3 Å². The molecule has 7 heteroatoms. The Kier molecular flexibility index (Phi) is 3.60. The molecule has 1 aromatic heterocycles. The number of nitrogen functional groups attached to an aromatic ring is 1. The van der Waals surface area contributed by atoms with Crippen molar-refractivity contribution in [2.45, 2.75) is 0 Å². The lowest BCUT2D eigenvalue weighted by molar-refractivity contribution is -0.383. The van der Waals surface area contributed by atoms with Crippen LogP contribution in [-0.2, 0) is 4.74 Å². The molecule has 0 amide bonds. The largest absolute Gasteiger partial charge is 0.465 e. The van der Waals surface area contributed by atoms with E-state index in [9.17, 15) is 14.9 Å². The van der Waals surface area contributed by atoms with E-state index in [0.717, 1.165) is 0 Å². The highest BCUT2D eigenvalue weighted by molar-refractivity contribution is 5.99. The van der Waals surface area contributed by atoms with Crippen LogP contribution in [0.15, 0.2) is 36.7 Å². The first kappa shape index (κ1) is 13.5. The molecule has 0 saturated carbocycles. The van der Waals surface area contributed by atoms with Gasteiger partial charge < -0.3 is 10.5 Å². The monoisotopic (exact) mass is 273 g/mol. The first-order chi connectivity index (χ1) is 9.54. The van der Waals surface area contributed by atoms with Gasteiger partial charge in [0.05, 0.1) is 17.6 Å². The first-order valence-corrected chi connectivity index (χ1v) is 5.61. The SMILES string of the molecule is COC(=O)c1cc(-c2ccncc2)cc([N+](=O)[O-])c1N. The molecule has 0 aliphatic heterocycles. The standard InChI is InChI=1S/C13H11N3O4/c1-20-13(17)10-6-9(8-2-4-15-5-3-8)7-11(12(10)14)16(18)19/h2-7H,14H2,1H3. The first-order valence-electron chi connectivity index (χ1n) is 5.61. The van der Waals surface area contributed by atoms with Crippen LogP contribution in [0.3, 0.4) is 0 Å². The maximum absolute atomic E-state index is 11.7. The predicted molar refractivity (Wildman–Crippen MR) is 72.1 cm³/mol. The molecule has 0 aliphatic rings. The normalized spacial score (nSPS) is 10.1. The number of hydrogen-bond donors (Lipinski definition) is 1. The van der Waals surface area contributed by atoms with Crippen LogP contribution in [0.5, 0.6) is 0 Å². The summed E-state index contributed by atoms with van der Waals surface area (Å²) in [4.78, 5) is 25.9. The van der Waals surface area contributed by atoms with Crippen LogP contribution >= 0.6 is 0 Å². The second-order valence-electron chi connectivity index (χ2n) is 3.94. The van der Waals surface area contributed by atoms with Crippen molar-refractivity contribution in [3.8, 4) is 11.1 Å². The van der Waals surface area contributed by atoms with Gasteiger partial charge >= 0.3 is 5.97 Å². The Morgan fingerprint density at radius 1 is 1.30 bits per heavy atom. The van der Waals surface area contributed by atoms with E-state index >= 15 is 0 Å². The molecule has 1 aromatic carbocycles.